The summed E-state index contributed by atoms with van der Waals surface area (Å²) in [6, 6.07) is 0.00522. The Bertz CT molecular complexity index is 274. The van der Waals surface area contributed by atoms with E-state index in [1.807, 2.05) is 24.7 Å². The lowest BCUT2D eigenvalue weighted by molar-refractivity contribution is 0.140. The SMILES string of the molecule is CCOCCCn1cc(C(N)CC)nn1. The number of ether oxygens (including phenoxy) is 1. The summed E-state index contributed by atoms with van der Waals surface area (Å²) in [6.45, 7) is 6.41. The molecule has 0 aliphatic carbocycles. The minimum absolute atomic E-state index is 0.00522. The maximum atomic E-state index is 5.84. The molecule has 0 saturated heterocycles. The summed E-state index contributed by atoms with van der Waals surface area (Å²) in [5, 5.41) is 8.05. The van der Waals surface area contributed by atoms with Gasteiger partial charge in [-0.15, -0.1) is 5.10 Å². The van der Waals surface area contributed by atoms with Gasteiger partial charge in [-0.05, 0) is 19.8 Å². The Morgan fingerprint density at radius 1 is 1.53 bits per heavy atom. The summed E-state index contributed by atoms with van der Waals surface area (Å²) in [6.07, 6.45) is 3.76. The second-order valence-electron chi connectivity index (χ2n) is 3.47. The monoisotopic (exact) mass is 212 g/mol. The zero-order chi connectivity index (χ0) is 11.1. The van der Waals surface area contributed by atoms with E-state index in [2.05, 4.69) is 10.3 Å². The summed E-state index contributed by atoms with van der Waals surface area (Å²) in [7, 11) is 0. The van der Waals surface area contributed by atoms with Crippen LogP contribution in [0.25, 0.3) is 0 Å². The molecule has 1 rings (SSSR count). The highest BCUT2D eigenvalue weighted by atomic mass is 16.5. The van der Waals surface area contributed by atoms with Crippen LogP contribution in [0.2, 0.25) is 0 Å². The number of aromatic nitrogens is 3. The molecule has 0 radical (unpaired) electrons. The quantitative estimate of drug-likeness (QED) is 0.688. The van der Waals surface area contributed by atoms with Gasteiger partial charge in [0.2, 0.25) is 0 Å². The Balaban J connectivity index is 2.33. The van der Waals surface area contributed by atoms with Gasteiger partial charge < -0.3 is 10.5 Å². The summed E-state index contributed by atoms with van der Waals surface area (Å²) >= 11 is 0. The number of nitrogens with two attached hydrogens (primary N) is 1. The van der Waals surface area contributed by atoms with Crippen molar-refractivity contribution in [2.45, 2.75) is 39.3 Å². The minimum Gasteiger partial charge on any atom is -0.382 e. The van der Waals surface area contributed by atoms with Gasteiger partial charge in [-0.1, -0.05) is 12.1 Å². The molecule has 2 N–H and O–H groups in total. The third kappa shape index (κ3) is 3.97. The maximum Gasteiger partial charge on any atom is 0.0993 e. The first-order chi connectivity index (χ1) is 7.27. The van der Waals surface area contributed by atoms with Crippen LogP contribution in [0, 0.1) is 0 Å². The van der Waals surface area contributed by atoms with Gasteiger partial charge in [0.05, 0.1) is 17.9 Å². The first kappa shape index (κ1) is 12.1. The molecule has 0 spiro atoms. The van der Waals surface area contributed by atoms with Crippen LogP contribution < -0.4 is 5.73 Å². The average molecular weight is 212 g/mol. The van der Waals surface area contributed by atoms with E-state index < -0.39 is 0 Å². The number of aryl methyl sites for hydroxylation is 1. The van der Waals surface area contributed by atoms with E-state index in [-0.39, 0.29) is 6.04 Å². The van der Waals surface area contributed by atoms with Crippen LogP contribution in [0.15, 0.2) is 6.20 Å². The molecular weight excluding hydrogens is 192 g/mol. The summed E-state index contributed by atoms with van der Waals surface area (Å²) in [4.78, 5) is 0. The second kappa shape index (κ2) is 6.53. The number of rotatable bonds is 7. The van der Waals surface area contributed by atoms with Crippen molar-refractivity contribution in [2.24, 2.45) is 5.73 Å². The number of hydrogen-bond acceptors (Lipinski definition) is 4. The van der Waals surface area contributed by atoms with Gasteiger partial charge in [0.1, 0.15) is 0 Å². The molecule has 5 nitrogen and oxygen atoms in total. The fraction of sp³-hybridized carbons (Fsp3) is 0.800. The molecule has 0 aromatic carbocycles. The minimum atomic E-state index is 0.00522. The molecule has 5 heteroatoms. The second-order valence-corrected chi connectivity index (χ2v) is 3.47. The first-order valence-corrected chi connectivity index (χ1v) is 5.51. The average Bonchev–Trinajstić information content (AvgIpc) is 2.72. The molecule has 1 atom stereocenters. The Labute approximate surface area is 90.6 Å². The van der Waals surface area contributed by atoms with Crippen LogP contribution in [-0.4, -0.2) is 28.2 Å². The molecule has 0 fully saturated rings. The zero-order valence-corrected chi connectivity index (χ0v) is 9.52. The molecule has 1 unspecified atom stereocenters. The van der Waals surface area contributed by atoms with Crippen molar-refractivity contribution in [1.29, 1.82) is 0 Å². The van der Waals surface area contributed by atoms with Gasteiger partial charge in [0.15, 0.2) is 0 Å². The van der Waals surface area contributed by atoms with E-state index in [0.29, 0.717) is 0 Å². The van der Waals surface area contributed by atoms with Crippen molar-refractivity contribution in [3.8, 4) is 0 Å². The predicted molar refractivity (Wildman–Crippen MR) is 58.4 cm³/mol. The third-order valence-corrected chi connectivity index (χ3v) is 2.26. The van der Waals surface area contributed by atoms with Crippen molar-refractivity contribution in [2.75, 3.05) is 13.2 Å². The molecule has 0 amide bonds. The molecule has 0 aliphatic rings. The summed E-state index contributed by atoms with van der Waals surface area (Å²) in [5.41, 5.74) is 6.71. The van der Waals surface area contributed by atoms with Crippen LogP contribution in [0.1, 0.15) is 38.4 Å². The Hall–Kier alpha value is -0.940. The normalized spacial score (nSPS) is 13.0. The van der Waals surface area contributed by atoms with E-state index in [1.165, 1.54) is 0 Å². The highest BCUT2D eigenvalue weighted by Crippen LogP contribution is 2.08. The van der Waals surface area contributed by atoms with Gasteiger partial charge in [-0.25, -0.2) is 0 Å². The fourth-order valence-corrected chi connectivity index (χ4v) is 1.27. The fourth-order valence-electron chi connectivity index (χ4n) is 1.27. The number of nitrogens with zero attached hydrogens (tertiary/aromatic N) is 3. The van der Waals surface area contributed by atoms with Crippen LogP contribution >= 0.6 is 0 Å². The Morgan fingerprint density at radius 3 is 3.00 bits per heavy atom. The smallest absolute Gasteiger partial charge is 0.0993 e. The van der Waals surface area contributed by atoms with Crippen molar-refractivity contribution in [3.63, 3.8) is 0 Å². The molecule has 15 heavy (non-hydrogen) atoms. The highest BCUT2D eigenvalue weighted by Gasteiger charge is 2.07. The lowest BCUT2D eigenvalue weighted by Gasteiger charge is -2.02. The van der Waals surface area contributed by atoms with Crippen molar-refractivity contribution in [3.05, 3.63) is 11.9 Å². The van der Waals surface area contributed by atoms with E-state index in [9.17, 15) is 0 Å². The predicted octanol–water partition coefficient (Wildman–Crippen LogP) is 1.11. The largest absolute Gasteiger partial charge is 0.382 e. The summed E-state index contributed by atoms with van der Waals surface area (Å²) < 4.78 is 7.07. The van der Waals surface area contributed by atoms with E-state index in [0.717, 1.165) is 38.3 Å². The molecule has 86 valence electrons. The molecule has 1 heterocycles. The molecule has 1 aromatic rings. The van der Waals surface area contributed by atoms with Crippen molar-refractivity contribution < 1.29 is 4.74 Å². The first-order valence-electron chi connectivity index (χ1n) is 5.51. The maximum absolute atomic E-state index is 5.84. The van der Waals surface area contributed by atoms with E-state index >= 15 is 0 Å². The summed E-state index contributed by atoms with van der Waals surface area (Å²) in [5.74, 6) is 0. The molecule has 1 aromatic heterocycles. The molecule has 0 saturated carbocycles. The van der Waals surface area contributed by atoms with E-state index in [4.69, 9.17) is 10.5 Å². The van der Waals surface area contributed by atoms with E-state index in [1.54, 1.807) is 0 Å². The zero-order valence-electron chi connectivity index (χ0n) is 9.52. The number of hydrogen-bond donors (Lipinski definition) is 1. The van der Waals surface area contributed by atoms with Gasteiger partial charge in [0, 0.05) is 19.8 Å². The topological polar surface area (TPSA) is 66.0 Å². The highest BCUT2D eigenvalue weighted by molar-refractivity contribution is 4.98. The van der Waals surface area contributed by atoms with Gasteiger partial charge in [-0.3, -0.25) is 4.68 Å². The molecule has 0 aliphatic heterocycles. The van der Waals surface area contributed by atoms with Crippen molar-refractivity contribution in [1.82, 2.24) is 15.0 Å². The lowest BCUT2D eigenvalue weighted by Crippen LogP contribution is -2.08. The molecule has 0 bridgehead atoms. The van der Waals surface area contributed by atoms with Crippen LogP contribution in [0.4, 0.5) is 0 Å². The Morgan fingerprint density at radius 2 is 2.33 bits per heavy atom. The van der Waals surface area contributed by atoms with Crippen LogP contribution in [-0.2, 0) is 11.3 Å². The van der Waals surface area contributed by atoms with Gasteiger partial charge in [-0.2, -0.15) is 0 Å². The van der Waals surface area contributed by atoms with Gasteiger partial charge >= 0.3 is 0 Å². The van der Waals surface area contributed by atoms with Crippen molar-refractivity contribution >= 4 is 0 Å². The molecular formula is C10H20N4O. The lowest BCUT2D eigenvalue weighted by atomic mass is 10.2. The van der Waals surface area contributed by atoms with Gasteiger partial charge in [0.25, 0.3) is 0 Å². The van der Waals surface area contributed by atoms with Crippen LogP contribution in [0.3, 0.4) is 0 Å². The standard InChI is InChI=1S/C10H20N4O/c1-3-9(11)10-8-14(13-12-10)6-5-7-15-4-2/h8-9H,3-7,11H2,1-2H3. The Kier molecular flexibility index (Phi) is 5.28. The third-order valence-electron chi connectivity index (χ3n) is 2.26. The van der Waals surface area contributed by atoms with Crippen LogP contribution in [0.5, 0.6) is 0 Å².